The van der Waals surface area contributed by atoms with Crippen molar-refractivity contribution in [1.29, 1.82) is 0 Å². The zero-order chi connectivity index (χ0) is 16.0. The number of carbonyl (C=O) groups excluding carboxylic acids is 1. The van der Waals surface area contributed by atoms with Crippen LogP contribution in [0.5, 0.6) is 0 Å². The summed E-state index contributed by atoms with van der Waals surface area (Å²) < 4.78 is 1.74. The van der Waals surface area contributed by atoms with E-state index in [1.165, 1.54) is 11.8 Å². The van der Waals surface area contributed by atoms with Gasteiger partial charge in [0.2, 0.25) is 5.91 Å². The smallest absolute Gasteiger partial charge is 0.233 e. The second-order valence-electron chi connectivity index (χ2n) is 5.85. The van der Waals surface area contributed by atoms with Gasteiger partial charge in [-0.3, -0.25) is 4.79 Å². The molecule has 23 heavy (non-hydrogen) atoms. The number of carbonyl (C=O) groups is 1. The van der Waals surface area contributed by atoms with E-state index in [0.29, 0.717) is 17.0 Å². The third kappa shape index (κ3) is 2.76. The number of thioether (sulfide) groups is 1. The average Bonchev–Trinajstić information content (AvgIpc) is 3.25. The number of fused-ring (bicyclic) bond motifs is 3. The van der Waals surface area contributed by atoms with Crippen molar-refractivity contribution in [2.75, 3.05) is 0 Å². The van der Waals surface area contributed by atoms with Crippen LogP contribution in [0.15, 0.2) is 29.4 Å². The van der Waals surface area contributed by atoms with Crippen LogP contribution in [0.4, 0.5) is 0 Å². The fourth-order valence-electron chi connectivity index (χ4n) is 2.47. The third-order valence-electron chi connectivity index (χ3n) is 3.83. The molecule has 1 fully saturated rings. The zero-order valence-corrected chi connectivity index (χ0v) is 13.8. The number of nitrogens with one attached hydrogen (secondary N) is 1. The summed E-state index contributed by atoms with van der Waals surface area (Å²) in [4.78, 5) is 21.4. The van der Waals surface area contributed by atoms with Crippen molar-refractivity contribution in [2.45, 2.75) is 43.1 Å². The van der Waals surface area contributed by atoms with Gasteiger partial charge in [-0.05, 0) is 38.8 Å². The Kier molecular flexibility index (Phi) is 3.45. The molecule has 0 spiro atoms. The van der Waals surface area contributed by atoms with Crippen LogP contribution in [0.2, 0.25) is 0 Å². The molecule has 6 nitrogen and oxygen atoms in total. The summed E-state index contributed by atoms with van der Waals surface area (Å²) in [6, 6.07) is 8.23. The van der Waals surface area contributed by atoms with Crippen LogP contribution in [0.3, 0.4) is 0 Å². The molecule has 1 amide bonds. The second-order valence-corrected chi connectivity index (χ2v) is 7.16. The Morgan fingerprint density at radius 3 is 2.91 bits per heavy atom. The van der Waals surface area contributed by atoms with Gasteiger partial charge < -0.3 is 5.32 Å². The molecule has 1 atom stereocenters. The summed E-state index contributed by atoms with van der Waals surface area (Å²) >= 11 is 1.42. The van der Waals surface area contributed by atoms with Crippen molar-refractivity contribution >= 4 is 34.2 Å². The Balaban J connectivity index is 1.73. The molecule has 0 radical (unpaired) electrons. The first-order valence-corrected chi connectivity index (χ1v) is 8.59. The fraction of sp³-hybridized carbons (Fsp3) is 0.375. The molecule has 1 N–H and O–H groups in total. The van der Waals surface area contributed by atoms with E-state index in [4.69, 9.17) is 0 Å². The van der Waals surface area contributed by atoms with E-state index >= 15 is 0 Å². The Labute approximate surface area is 137 Å². The maximum atomic E-state index is 12.2. The normalized spacial score (nSPS) is 15.9. The molecule has 1 aromatic carbocycles. The van der Waals surface area contributed by atoms with Gasteiger partial charge in [-0.2, -0.15) is 4.52 Å². The quantitative estimate of drug-likeness (QED) is 0.588. The van der Waals surface area contributed by atoms with Crippen molar-refractivity contribution in [3.05, 3.63) is 30.1 Å². The molecule has 0 saturated heterocycles. The monoisotopic (exact) mass is 327 g/mol. The van der Waals surface area contributed by atoms with Crippen LogP contribution in [-0.2, 0) is 4.79 Å². The molecule has 0 bridgehead atoms. The molecule has 2 heterocycles. The van der Waals surface area contributed by atoms with Crippen LogP contribution in [0.25, 0.3) is 16.6 Å². The predicted molar refractivity (Wildman–Crippen MR) is 89.5 cm³/mol. The first-order chi connectivity index (χ1) is 11.1. The van der Waals surface area contributed by atoms with Gasteiger partial charge in [-0.1, -0.05) is 23.9 Å². The van der Waals surface area contributed by atoms with Crippen molar-refractivity contribution in [2.24, 2.45) is 0 Å². The van der Waals surface area contributed by atoms with E-state index < -0.39 is 0 Å². The summed E-state index contributed by atoms with van der Waals surface area (Å²) in [5, 5.41) is 8.90. The van der Waals surface area contributed by atoms with Gasteiger partial charge in [0, 0.05) is 11.4 Å². The van der Waals surface area contributed by atoms with E-state index in [-0.39, 0.29) is 11.2 Å². The summed E-state index contributed by atoms with van der Waals surface area (Å²) in [6.45, 7) is 3.76. The molecular weight excluding hydrogens is 310 g/mol. The standard InChI is InChI=1S/C16H17N5OS/c1-9(15(22)18-11-7-8-11)23-16-19-13-6-4-3-5-12(13)14-17-10(2)20-21(14)16/h3-6,9,11H,7-8H2,1-2H3,(H,18,22)/t9-/m1/s1. The maximum absolute atomic E-state index is 12.2. The summed E-state index contributed by atoms with van der Waals surface area (Å²) in [7, 11) is 0. The van der Waals surface area contributed by atoms with Crippen molar-refractivity contribution < 1.29 is 4.79 Å². The predicted octanol–water partition coefficient (Wildman–Crippen LogP) is 2.35. The molecule has 4 rings (SSSR count). The second kappa shape index (κ2) is 5.49. The van der Waals surface area contributed by atoms with E-state index in [9.17, 15) is 4.79 Å². The van der Waals surface area contributed by atoms with E-state index in [2.05, 4.69) is 20.4 Å². The highest BCUT2D eigenvalue weighted by molar-refractivity contribution is 8.00. The molecule has 3 aromatic rings. The first-order valence-electron chi connectivity index (χ1n) is 7.71. The maximum Gasteiger partial charge on any atom is 0.233 e. The lowest BCUT2D eigenvalue weighted by molar-refractivity contribution is -0.120. The SMILES string of the molecule is Cc1nc2c3ccccc3nc(S[C@H](C)C(=O)NC3CC3)n2n1. The van der Waals surface area contributed by atoms with Crippen LogP contribution in [0, 0.1) is 6.92 Å². The number of para-hydroxylation sites is 1. The largest absolute Gasteiger partial charge is 0.352 e. The van der Waals surface area contributed by atoms with E-state index in [1.807, 2.05) is 38.1 Å². The van der Waals surface area contributed by atoms with E-state index in [1.54, 1.807) is 4.52 Å². The topological polar surface area (TPSA) is 72.2 Å². The lowest BCUT2D eigenvalue weighted by atomic mass is 10.2. The molecule has 1 aliphatic rings. The molecule has 1 saturated carbocycles. The number of hydrogen-bond donors (Lipinski definition) is 1. The zero-order valence-electron chi connectivity index (χ0n) is 13.0. The lowest BCUT2D eigenvalue weighted by Crippen LogP contribution is -2.32. The molecule has 118 valence electrons. The van der Waals surface area contributed by atoms with Crippen molar-refractivity contribution in [1.82, 2.24) is 24.9 Å². The van der Waals surface area contributed by atoms with Crippen molar-refractivity contribution in [3.8, 4) is 0 Å². The number of hydrogen-bond acceptors (Lipinski definition) is 5. The average molecular weight is 327 g/mol. The van der Waals surface area contributed by atoms with Gasteiger partial charge in [-0.25, -0.2) is 9.97 Å². The first kappa shape index (κ1) is 14.4. The fourth-order valence-corrected chi connectivity index (χ4v) is 3.34. The Morgan fingerprint density at radius 2 is 2.13 bits per heavy atom. The van der Waals surface area contributed by atoms with Gasteiger partial charge >= 0.3 is 0 Å². The third-order valence-corrected chi connectivity index (χ3v) is 4.87. The molecule has 0 aliphatic heterocycles. The van der Waals surface area contributed by atoms with Gasteiger partial charge in [-0.15, -0.1) is 5.10 Å². The summed E-state index contributed by atoms with van der Waals surface area (Å²) in [6.07, 6.45) is 2.17. The number of nitrogens with zero attached hydrogens (tertiary/aromatic N) is 4. The number of benzene rings is 1. The highest BCUT2D eigenvalue weighted by Crippen LogP contribution is 2.27. The van der Waals surface area contributed by atoms with Crippen LogP contribution in [0.1, 0.15) is 25.6 Å². The highest BCUT2D eigenvalue weighted by Gasteiger charge is 2.27. The number of amides is 1. The van der Waals surface area contributed by atoms with E-state index in [0.717, 1.165) is 29.4 Å². The minimum atomic E-state index is -0.225. The molecule has 1 aliphatic carbocycles. The number of rotatable bonds is 4. The minimum absolute atomic E-state index is 0.0532. The summed E-state index contributed by atoms with van der Waals surface area (Å²) in [5.41, 5.74) is 1.65. The molecular formula is C16H17N5OS. The minimum Gasteiger partial charge on any atom is -0.352 e. The number of aromatic nitrogens is 4. The van der Waals surface area contributed by atoms with Gasteiger partial charge in [0.05, 0.1) is 10.8 Å². The summed E-state index contributed by atoms with van der Waals surface area (Å²) in [5.74, 6) is 0.748. The van der Waals surface area contributed by atoms with Crippen LogP contribution < -0.4 is 5.32 Å². The van der Waals surface area contributed by atoms with Gasteiger partial charge in [0.25, 0.3) is 0 Å². The molecule has 7 heteroatoms. The molecule has 0 unspecified atom stereocenters. The highest BCUT2D eigenvalue weighted by atomic mass is 32.2. The number of aryl methyl sites for hydroxylation is 1. The lowest BCUT2D eigenvalue weighted by Gasteiger charge is -2.12. The Hall–Kier alpha value is -2.15. The van der Waals surface area contributed by atoms with Gasteiger partial charge in [0.15, 0.2) is 10.8 Å². The van der Waals surface area contributed by atoms with Crippen LogP contribution >= 0.6 is 11.8 Å². The van der Waals surface area contributed by atoms with Crippen molar-refractivity contribution in [3.63, 3.8) is 0 Å². The Bertz CT molecular complexity index is 902. The molecule has 2 aromatic heterocycles. The Morgan fingerprint density at radius 1 is 1.35 bits per heavy atom. The van der Waals surface area contributed by atoms with Gasteiger partial charge in [0.1, 0.15) is 5.82 Å². The van der Waals surface area contributed by atoms with Crippen LogP contribution in [-0.4, -0.2) is 36.8 Å².